The van der Waals surface area contributed by atoms with Crippen molar-refractivity contribution in [2.24, 2.45) is 5.41 Å². The number of rotatable bonds is 5. The molecule has 1 saturated heterocycles. The molecule has 0 unspecified atom stereocenters. The van der Waals surface area contributed by atoms with Crippen molar-refractivity contribution in [1.82, 2.24) is 14.9 Å². The van der Waals surface area contributed by atoms with E-state index < -0.39 is 5.41 Å². The van der Waals surface area contributed by atoms with Gasteiger partial charge in [-0.2, -0.15) is 0 Å². The number of carbonyl (C=O) groups is 1. The van der Waals surface area contributed by atoms with Crippen molar-refractivity contribution >= 4 is 34.9 Å². The number of nitrogens with zero attached hydrogens (tertiary/aromatic N) is 4. The third-order valence-corrected chi connectivity index (χ3v) is 5.71. The normalized spacial score (nSPS) is 17.5. The van der Waals surface area contributed by atoms with Crippen LogP contribution in [-0.2, 0) is 4.79 Å². The fraction of sp³-hybridized carbons (Fsp3) is 0.450. The second-order valence-electron chi connectivity index (χ2n) is 7.58. The van der Waals surface area contributed by atoms with Crippen LogP contribution in [0.3, 0.4) is 0 Å². The van der Waals surface area contributed by atoms with Crippen LogP contribution in [0.25, 0.3) is 0 Å². The summed E-state index contributed by atoms with van der Waals surface area (Å²) in [5, 5.41) is 0.648. The Kier molecular flexibility index (Phi) is 6.30. The lowest BCUT2D eigenvalue weighted by atomic mass is 9.93. The number of amides is 1. The zero-order chi connectivity index (χ0) is 20.3. The van der Waals surface area contributed by atoms with E-state index in [1.165, 1.54) is 6.33 Å². The first-order valence-electron chi connectivity index (χ1n) is 9.17. The molecule has 0 N–H and O–H groups in total. The molecule has 3 rings (SSSR count). The molecule has 0 aliphatic carbocycles. The van der Waals surface area contributed by atoms with Gasteiger partial charge in [0.15, 0.2) is 0 Å². The molecule has 28 heavy (non-hydrogen) atoms. The Hall–Kier alpha value is -2.05. The smallest absolute Gasteiger partial charge is 0.229 e. The molecule has 1 atom stereocenters. The first-order chi connectivity index (χ1) is 13.3. The van der Waals surface area contributed by atoms with E-state index in [-0.39, 0.29) is 11.9 Å². The topological polar surface area (TPSA) is 58.6 Å². The van der Waals surface area contributed by atoms with Crippen LogP contribution in [-0.4, -0.2) is 52.3 Å². The molecule has 1 aliphatic heterocycles. The summed E-state index contributed by atoms with van der Waals surface area (Å²) in [5.41, 5.74) is -0.563. The maximum absolute atomic E-state index is 12.8. The second kappa shape index (κ2) is 8.53. The van der Waals surface area contributed by atoms with Crippen LogP contribution < -0.4 is 9.64 Å². The average Bonchev–Trinajstić information content (AvgIpc) is 2.69. The number of ether oxygens (including phenoxy) is 1. The van der Waals surface area contributed by atoms with Gasteiger partial charge >= 0.3 is 0 Å². The van der Waals surface area contributed by atoms with E-state index in [2.05, 4.69) is 14.9 Å². The zero-order valence-corrected chi connectivity index (χ0v) is 17.7. The number of anilines is 1. The predicted molar refractivity (Wildman–Crippen MR) is 111 cm³/mol. The third kappa shape index (κ3) is 4.67. The van der Waals surface area contributed by atoms with Crippen molar-refractivity contribution in [3.05, 3.63) is 41.7 Å². The third-order valence-electron chi connectivity index (χ3n) is 4.79. The van der Waals surface area contributed by atoms with Crippen LogP contribution >= 0.6 is 23.2 Å². The Bertz CT molecular complexity index is 829. The summed E-state index contributed by atoms with van der Waals surface area (Å²) in [6, 6.07) is 8.96. The molecule has 2 aromatic rings. The number of hydrogen-bond donors (Lipinski definition) is 0. The van der Waals surface area contributed by atoms with Gasteiger partial charge in [-0.1, -0.05) is 11.6 Å². The minimum absolute atomic E-state index is 0.0549. The Morgan fingerprint density at radius 3 is 2.61 bits per heavy atom. The van der Waals surface area contributed by atoms with Gasteiger partial charge in [-0.05, 0) is 45.0 Å². The standard InChI is InChI=1S/C20H24Cl2N4O2/c1-14-11-25(8-9-26(14)19(27)20(2,3)12-21)17-10-18(24-13-23-17)28-16-6-4-15(22)5-7-16/h4-7,10,13-14H,8-9,11-12H2,1-3H3/t14-/m1/s1. The molecule has 6 nitrogen and oxygen atoms in total. The lowest BCUT2D eigenvalue weighted by Gasteiger charge is -2.43. The van der Waals surface area contributed by atoms with Gasteiger partial charge < -0.3 is 14.5 Å². The molecule has 0 radical (unpaired) electrons. The summed E-state index contributed by atoms with van der Waals surface area (Å²) >= 11 is 11.9. The SMILES string of the molecule is C[C@@H]1CN(c2cc(Oc3ccc(Cl)cc3)ncn2)CCN1C(=O)C(C)(C)CCl. The average molecular weight is 423 g/mol. The Balaban J connectivity index is 1.68. The van der Waals surface area contributed by atoms with E-state index in [1.807, 2.05) is 31.7 Å². The molecule has 1 fully saturated rings. The van der Waals surface area contributed by atoms with E-state index in [0.717, 1.165) is 5.82 Å². The number of piperazine rings is 1. The van der Waals surface area contributed by atoms with Crippen molar-refractivity contribution in [2.75, 3.05) is 30.4 Å². The van der Waals surface area contributed by atoms with Crippen molar-refractivity contribution in [2.45, 2.75) is 26.8 Å². The van der Waals surface area contributed by atoms with Gasteiger partial charge in [-0.15, -0.1) is 11.6 Å². The fourth-order valence-electron chi connectivity index (χ4n) is 3.10. The van der Waals surface area contributed by atoms with Gasteiger partial charge in [0.05, 0.1) is 5.41 Å². The minimum Gasteiger partial charge on any atom is -0.439 e. The first kappa shape index (κ1) is 20.7. The molecule has 150 valence electrons. The maximum Gasteiger partial charge on any atom is 0.229 e. The molecule has 0 spiro atoms. The van der Waals surface area contributed by atoms with Crippen LogP contribution in [0, 0.1) is 5.41 Å². The molecule has 0 bridgehead atoms. The van der Waals surface area contributed by atoms with Crippen LogP contribution in [0.2, 0.25) is 5.02 Å². The Labute approximate surface area is 175 Å². The first-order valence-corrected chi connectivity index (χ1v) is 10.1. The van der Waals surface area contributed by atoms with Gasteiger partial charge in [0.1, 0.15) is 17.9 Å². The lowest BCUT2D eigenvalue weighted by molar-refractivity contribution is -0.141. The van der Waals surface area contributed by atoms with Crippen molar-refractivity contribution < 1.29 is 9.53 Å². The summed E-state index contributed by atoms with van der Waals surface area (Å²) in [6.45, 7) is 7.80. The summed E-state index contributed by atoms with van der Waals surface area (Å²) in [4.78, 5) is 25.4. The molecule has 1 aliphatic rings. The van der Waals surface area contributed by atoms with E-state index in [1.54, 1.807) is 24.3 Å². The largest absolute Gasteiger partial charge is 0.439 e. The van der Waals surface area contributed by atoms with Gasteiger partial charge in [0.2, 0.25) is 11.8 Å². The summed E-state index contributed by atoms with van der Waals surface area (Å²) in [7, 11) is 0. The maximum atomic E-state index is 12.8. The van der Waals surface area contributed by atoms with Gasteiger partial charge in [-0.25, -0.2) is 9.97 Å². The fourth-order valence-corrected chi connectivity index (χ4v) is 3.34. The quantitative estimate of drug-likeness (QED) is 0.674. The molecule has 1 aromatic heterocycles. The summed E-state index contributed by atoms with van der Waals surface area (Å²) in [5.74, 6) is 2.28. The highest BCUT2D eigenvalue weighted by Crippen LogP contribution is 2.27. The molecular weight excluding hydrogens is 399 g/mol. The van der Waals surface area contributed by atoms with Crippen molar-refractivity contribution in [3.8, 4) is 11.6 Å². The number of alkyl halides is 1. The van der Waals surface area contributed by atoms with Crippen LogP contribution in [0.15, 0.2) is 36.7 Å². The van der Waals surface area contributed by atoms with E-state index in [0.29, 0.717) is 42.2 Å². The van der Waals surface area contributed by atoms with E-state index in [9.17, 15) is 4.79 Å². The monoisotopic (exact) mass is 422 g/mol. The van der Waals surface area contributed by atoms with Crippen molar-refractivity contribution in [3.63, 3.8) is 0 Å². The highest BCUT2D eigenvalue weighted by molar-refractivity contribution is 6.30. The summed E-state index contributed by atoms with van der Waals surface area (Å²) in [6.07, 6.45) is 1.49. The van der Waals surface area contributed by atoms with E-state index in [4.69, 9.17) is 27.9 Å². The van der Waals surface area contributed by atoms with Crippen molar-refractivity contribution in [1.29, 1.82) is 0 Å². The predicted octanol–water partition coefficient (Wildman–Crippen LogP) is 4.22. The molecular formula is C20H24Cl2N4O2. The van der Waals surface area contributed by atoms with Crippen LogP contribution in [0.5, 0.6) is 11.6 Å². The van der Waals surface area contributed by atoms with Crippen LogP contribution in [0.1, 0.15) is 20.8 Å². The highest BCUT2D eigenvalue weighted by Gasteiger charge is 2.36. The number of aromatic nitrogens is 2. The highest BCUT2D eigenvalue weighted by atomic mass is 35.5. The molecule has 1 aromatic carbocycles. The molecule has 8 heteroatoms. The molecule has 2 heterocycles. The molecule has 1 amide bonds. The molecule has 0 saturated carbocycles. The van der Waals surface area contributed by atoms with Gasteiger partial charge in [0, 0.05) is 42.6 Å². The second-order valence-corrected chi connectivity index (χ2v) is 8.29. The Morgan fingerprint density at radius 1 is 1.25 bits per heavy atom. The zero-order valence-electron chi connectivity index (χ0n) is 16.2. The van der Waals surface area contributed by atoms with Crippen LogP contribution in [0.4, 0.5) is 5.82 Å². The number of halogens is 2. The summed E-state index contributed by atoms with van der Waals surface area (Å²) < 4.78 is 5.79. The minimum atomic E-state index is -0.563. The lowest BCUT2D eigenvalue weighted by Crippen LogP contribution is -2.57. The number of hydrogen-bond acceptors (Lipinski definition) is 5. The van der Waals surface area contributed by atoms with Gasteiger partial charge in [0.25, 0.3) is 0 Å². The number of carbonyl (C=O) groups excluding carboxylic acids is 1. The van der Waals surface area contributed by atoms with Gasteiger partial charge in [-0.3, -0.25) is 4.79 Å². The number of benzene rings is 1. The van der Waals surface area contributed by atoms with E-state index >= 15 is 0 Å². The Morgan fingerprint density at radius 2 is 1.96 bits per heavy atom.